The molecule has 0 aliphatic carbocycles. The molecule has 0 N–H and O–H groups in total. The van der Waals surface area contributed by atoms with E-state index >= 15 is 0 Å². The van der Waals surface area contributed by atoms with Gasteiger partial charge in [-0.1, -0.05) is 67.7 Å². The molecule has 0 aromatic heterocycles. The van der Waals surface area contributed by atoms with Gasteiger partial charge in [0.2, 0.25) is 0 Å². The zero-order valence-corrected chi connectivity index (χ0v) is 18.8. The van der Waals surface area contributed by atoms with Crippen molar-refractivity contribution in [2.75, 3.05) is 0 Å². The Morgan fingerprint density at radius 1 is 0.731 bits per heavy atom. The van der Waals surface area contributed by atoms with Crippen molar-refractivity contribution >= 4 is 7.92 Å². The molecule has 4 aliphatic heterocycles. The fourth-order valence-corrected chi connectivity index (χ4v) is 10.5. The van der Waals surface area contributed by atoms with Gasteiger partial charge in [0.25, 0.3) is 5.97 Å². The molecule has 4 saturated heterocycles. The maximum atomic E-state index is 6.87. The number of rotatable bonds is 8. The summed E-state index contributed by atoms with van der Waals surface area (Å²) in [6.07, 6.45) is 8.69. The summed E-state index contributed by atoms with van der Waals surface area (Å²) < 4.78 is 27.0. The molecule has 0 aromatic rings. The van der Waals surface area contributed by atoms with Crippen molar-refractivity contribution in [2.24, 2.45) is 0 Å². The topological polar surface area (TPSA) is 36.9 Å². The highest BCUT2D eigenvalue weighted by Gasteiger charge is 2.77. The van der Waals surface area contributed by atoms with Crippen molar-refractivity contribution in [3.05, 3.63) is 0 Å². The molecule has 4 aliphatic rings. The fourth-order valence-electron chi connectivity index (χ4n) is 5.59. The van der Waals surface area contributed by atoms with Gasteiger partial charge in [-0.15, -0.1) is 0 Å². The summed E-state index contributed by atoms with van der Waals surface area (Å²) in [6.45, 7) is 15.9. The van der Waals surface area contributed by atoms with Crippen molar-refractivity contribution in [3.63, 3.8) is 0 Å². The number of hydrogen-bond donors (Lipinski definition) is 0. The summed E-state index contributed by atoms with van der Waals surface area (Å²) >= 11 is 0. The van der Waals surface area contributed by atoms with Crippen LogP contribution in [0.15, 0.2) is 0 Å². The first-order chi connectivity index (χ1) is 12.1. The summed E-state index contributed by atoms with van der Waals surface area (Å²) in [5, 5.41) is -0.0790. The van der Waals surface area contributed by atoms with Crippen LogP contribution >= 0.6 is 7.92 Å². The average molecular weight is 387 g/mol. The molecule has 4 fully saturated rings. The molecular weight excluding hydrogens is 347 g/mol. The smallest absolute Gasteiger partial charge is 0.288 e. The van der Waals surface area contributed by atoms with Crippen molar-refractivity contribution in [1.82, 2.24) is 0 Å². The number of hydrogen-bond acceptors (Lipinski definition) is 4. The molecule has 4 rings (SSSR count). The molecule has 0 amide bonds. The highest BCUT2D eigenvalue weighted by molar-refractivity contribution is 7.62. The molecule has 0 radical (unpaired) electrons. The van der Waals surface area contributed by atoms with E-state index < -0.39 is 25.2 Å². The predicted molar refractivity (Wildman–Crippen MR) is 106 cm³/mol. The van der Waals surface area contributed by atoms with Crippen molar-refractivity contribution < 1.29 is 18.9 Å². The Kier molecular flexibility index (Phi) is 5.61. The van der Waals surface area contributed by atoms with E-state index in [1.54, 1.807) is 0 Å². The summed E-state index contributed by atoms with van der Waals surface area (Å²) in [6, 6.07) is 0. The fraction of sp³-hybridized carbons (Fsp3) is 1.00. The molecule has 26 heavy (non-hydrogen) atoms. The largest absolute Gasteiger partial charge is 0.316 e. The molecule has 4 heterocycles. The lowest BCUT2D eigenvalue weighted by Gasteiger charge is -2.73. The molecule has 4 nitrogen and oxygen atoms in total. The Hall–Kier alpha value is 0.270. The van der Waals surface area contributed by atoms with E-state index in [0.717, 1.165) is 57.8 Å². The third-order valence-corrected chi connectivity index (χ3v) is 9.42. The summed E-state index contributed by atoms with van der Waals surface area (Å²) in [5.41, 5.74) is -0.545. The molecule has 5 unspecified atom stereocenters. The zero-order chi connectivity index (χ0) is 19.3. The van der Waals surface area contributed by atoms with Crippen LogP contribution in [0.1, 0.15) is 106 Å². The quantitative estimate of drug-likeness (QED) is 0.437. The molecule has 152 valence electrons. The summed E-state index contributed by atoms with van der Waals surface area (Å²) in [5.74, 6) is -1.47. The third-order valence-electron chi connectivity index (χ3n) is 5.71. The van der Waals surface area contributed by atoms with E-state index in [2.05, 4.69) is 48.5 Å². The van der Waals surface area contributed by atoms with Crippen LogP contribution in [0.4, 0.5) is 0 Å². The first kappa shape index (κ1) is 21.0. The van der Waals surface area contributed by atoms with Crippen LogP contribution in [-0.2, 0) is 18.9 Å². The normalized spacial score (nSPS) is 44.7. The Balaban J connectivity index is 2.17. The number of ether oxygens (including phenoxy) is 4. The standard InChI is InChI=1S/C21H39O4P/c1-8-12-18-16-19(13-9-2)24-20(22-18,14-10-3)25-21(23-18,15-11-4)26(19)17(5,6)7/h8-16H2,1-7H3. The van der Waals surface area contributed by atoms with Crippen molar-refractivity contribution in [2.45, 2.75) is 134 Å². The van der Waals surface area contributed by atoms with Crippen LogP contribution < -0.4 is 0 Å². The maximum absolute atomic E-state index is 6.87. The molecule has 4 bridgehead atoms. The van der Waals surface area contributed by atoms with Gasteiger partial charge in [-0.25, -0.2) is 0 Å². The Labute approximate surface area is 161 Å². The molecule has 0 saturated carbocycles. The van der Waals surface area contributed by atoms with Crippen LogP contribution in [0.3, 0.4) is 0 Å². The predicted octanol–water partition coefficient (Wildman–Crippen LogP) is 6.66. The first-order valence-electron chi connectivity index (χ1n) is 10.8. The van der Waals surface area contributed by atoms with E-state index in [4.69, 9.17) is 18.9 Å². The van der Waals surface area contributed by atoms with Gasteiger partial charge in [-0.05, 0) is 25.9 Å². The highest BCUT2D eigenvalue weighted by atomic mass is 31.1. The average Bonchev–Trinajstić information content (AvgIpc) is 2.43. The molecular formula is C21H39O4P. The van der Waals surface area contributed by atoms with Gasteiger partial charge >= 0.3 is 0 Å². The Bertz CT molecular complexity index is 463. The lowest BCUT2D eigenvalue weighted by Crippen LogP contribution is -2.76. The van der Waals surface area contributed by atoms with Crippen molar-refractivity contribution in [1.29, 1.82) is 0 Å². The summed E-state index contributed by atoms with van der Waals surface area (Å²) in [4.78, 5) is 0. The second-order valence-electron chi connectivity index (χ2n) is 9.34. The molecule has 5 atom stereocenters. The van der Waals surface area contributed by atoms with E-state index in [1.165, 1.54) is 0 Å². The van der Waals surface area contributed by atoms with Crippen LogP contribution in [0.25, 0.3) is 0 Å². The van der Waals surface area contributed by atoms with E-state index in [0.29, 0.717) is 0 Å². The van der Waals surface area contributed by atoms with Crippen LogP contribution in [0.5, 0.6) is 0 Å². The highest BCUT2D eigenvalue weighted by Crippen LogP contribution is 2.82. The van der Waals surface area contributed by atoms with Gasteiger partial charge in [0.05, 0.1) is 0 Å². The molecule has 5 heteroatoms. The molecule has 0 spiro atoms. The van der Waals surface area contributed by atoms with Gasteiger partial charge in [0.15, 0.2) is 11.3 Å². The minimum Gasteiger partial charge on any atom is -0.316 e. The third kappa shape index (κ3) is 3.18. The van der Waals surface area contributed by atoms with Crippen LogP contribution in [0, 0.1) is 0 Å². The minimum absolute atomic E-state index is 0.0910. The van der Waals surface area contributed by atoms with E-state index in [-0.39, 0.29) is 10.5 Å². The lowest BCUT2D eigenvalue weighted by atomic mass is 9.95. The van der Waals surface area contributed by atoms with Gasteiger partial charge < -0.3 is 9.47 Å². The van der Waals surface area contributed by atoms with E-state index in [9.17, 15) is 0 Å². The van der Waals surface area contributed by atoms with Crippen molar-refractivity contribution in [3.8, 4) is 0 Å². The van der Waals surface area contributed by atoms with Crippen LogP contribution in [0.2, 0.25) is 0 Å². The monoisotopic (exact) mass is 386 g/mol. The van der Waals surface area contributed by atoms with E-state index in [1.807, 2.05) is 0 Å². The second kappa shape index (κ2) is 6.95. The second-order valence-corrected chi connectivity index (χ2v) is 12.9. The molecule has 0 aromatic carbocycles. The SMILES string of the molecule is CCCC12CC3(CCC)OC(CCC)(O1)OC(CCC)(O2)P3C(C)(C)C. The van der Waals surface area contributed by atoms with Gasteiger partial charge in [-0.3, -0.25) is 9.47 Å². The van der Waals surface area contributed by atoms with Crippen LogP contribution in [-0.4, -0.2) is 27.8 Å². The van der Waals surface area contributed by atoms with Gasteiger partial charge in [-0.2, -0.15) is 0 Å². The summed E-state index contributed by atoms with van der Waals surface area (Å²) in [7, 11) is -0.659. The Morgan fingerprint density at radius 2 is 1.35 bits per heavy atom. The lowest BCUT2D eigenvalue weighted by molar-refractivity contribution is -0.597. The first-order valence-corrected chi connectivity index (χ1v) is 12.1. The van der Waals surface area contributed by atoms with Gasteiger partial charge in [0.1, 0.15) is 5.34 Å². The minimum atomic E-state index is -0.922. The maximum Gasteiger partial charge on any atom is 0.288 e. The Morgan fingerprint density at radius 3 is 1.88 bits per heavy atom. The van der Waals surface area contributed by atoms with Gasteiger partial charge in [0, 0.05) is 25.7 Å². The zero-order valence-electron chi connectivity index (χ0n) is 17.9.